The summed E-state index contributed by atoms with van der Waals surface area (Å²) in [4.78, 5) is 27.1. The highest BCUT2D eigenvalue weighted by atomic mass is 35.5. The summed E-state index contributed by atoms with van der Waals surface area (Å²) in [6.07, 6.45) is 0. The van der Waals surface area contributed by atoms with Crippen LogP contribution in [-0.4, -0.2) is 11.8 Å². The van der Waals surface area contributed by atoms with Crippen molar-refractivity contribution in [2.24, 2.45) is 0 Å². The number of anilines is 2. The number of rotatable bonds is 5. The van der Waals surface area contributed by atoms with Crippen molar-refractivity contribution in [2.45, 2.75) is 13.8 Å². The number of benzene rings is 4. The zero-order chi connectivity index (χ0) is 28.0. The standard InChI is InChI=1S/C32H22Cl2N2O2S2/c1-17-15-19(11-13-23(17)35-31(37)29-27(33)21-7-3-5-9-25(21)39-29)20-12-14-24(18(2)16-20)36-32(38)30-28(34)22-8-4-6-10-26(22)40-30/h3-16H,1-2H3,(H,35,37)(H,36,38). The molecule has 0 saturated carbocycles. The Morgan fingerprint density at radius 1 is 0.600 bits per heavy atom. The van der Waals surface area contributed by atoms with Crippen molar-refractivity contribution in [1.82, 2.24) is 0 Å². The van der Waals surface area contributed by atoms with E-state index < -0.39 is 0 Å². The number of thiophene rings is 2. The van der Waals surface area contributed by atoms with Gasteiger partial charge in [0.25, 0.3) is 11.8 Å². The molecule has 198 valence electrons. The van der Waals surface area contributed by atoms with Crippen LogP contribution in [-0.2, 0) is 0 Å². The molecule has 0 aliphatic heterocycles. The maximum Gasteiger partial charge on any atom is 0.267 e. The van der Waals surface area contributed by atoms with Gasteiger partial charge in [-0.15, -0.1) is 22.7 Å². The summed E-state index contributed by atoms with van der Waals surface area (Å²) in [6, 6.07) is 27.3. The van der Waals surface area contributed by atoms with E-state index in [0.29, 0.717) is 19.8 Å². The van der Waals surface area contributed by atoms with Crippen molar-refractivity contribution < 1.29 is 9.59 Å². The minimum absolute atomic E-state index is 0.225. The zero-order valence-electron chi connectivity index (χ0n) is 21.5. The average Bonchev–Trinajstić information content (AvgIpc) is 3.48. The SMILES string of the molecule is Cc1cc(-c2ccc(NC(=O)c3sc4ccccc4c3Cl)c(C)c2)ccc1NC(=O)c1sc2ccccc2c1Cl. The third-order valence-electron chi connectivity index (χ3n) is 6.76. The van der Waals surface area contributed by atoms with Gasteiger partial charge < -0.3 is 10.6 Å². The molecular weight excluding hydrogens is 579 g/mol. The van der Waals surface area contributed by atoms with Crippen LogP contribution < -0.4 is 10.6 Å². The summed E-state index contributed by atoms with van der Waals surface area (Å²) in [7, 11) is 0. The topological polar surface area (TPSA) is 58.2 Å². The fourth-order valence-corrected chi connectivity index (χ4v) is 7.47. The third kappa shape index (κ3) is 4.88. The molecule has 2 heterocycles. The highest BCUT2D eigenvalue weighted by Crippen LogP contribution is 2.37. The van der Waals surface area contributed by atoms with Crippen molar-refractivity contribution >= 4 is 89.2 Å². The van der Waals surface area contributed by atoms with Gasteiger partial charge in [0.1, 0.15) is 9.75 Å². The number of fused-ring (bicyclic) bond motifs is 2. The van der Waals surface area contributed by atoms with Crippen LogP contribution in [0.25, 0.3) is 31.3 Å². The van der Waals surface area contributed by atoms with Gasteiger partial charge in [0.2, 0.25) is 0 Å². The lowest BCUT2D eigenvalue weighted by Crippen LogP contribution is -2.12. The first-order valence-corrected chi connectivity index (χ1v) is 14.9. The monoisotopic (exact) mass is 600 g/mol. The Kier molecular flexibility index (Phi) is 7.11. The molecule has 0 fully saturated rings. The van der Waals surface area contributed by atoms with E-state index in [0.717, 1.165) is 53.8 Å². The molecule has 0 atom stereocenters. The second-order valence-electron chi connectivity index (χ2n) is 9.45. The Labute approximate surface area is 249 Å². The lowest BCUT2D eigenvalue weighted by atomic mass is 10.00. The highest BCUT2D eigenvalue weighted by molar-refractivity contribution is 7.22. The largest absolute Gasteiger partial charge is 0.321 e. The second kappa shape index (κ2) is 10.7. The second-order valence-corrected chi connectivity index (χ2v) is 12.3. The van der Waals surface area contributed by atoms with Crippen LogP contribution in [0.1, 0.15) is 30.5 Å². The van der Waals surface area contributed by atoms with Gasteiger partial charge in [-0.3, -0.25) is 9.59 Å². The first-order valence-electron chi connectivity index (χ1n) is 12.5. The molecule has 40 heavy (non-hydrogen) atoms. The molecule has 0 bridgehead atoms. The molecule has 6 rings (SSSR count). The zero-order valence-corrected chi connectivity index (χ0v) is 24.6. The van der Waals surface area contributed by atoms with E-state index in [9.17, 15) is 9.59 Å². The Morgan fingerprint density at radius 2 is 1.00 bits per heavy atom. The lowest BCUT2D eigenvalue weighted by Gasteiger charge is -2.13. The molecule has 4 nitrogen and oxygen atoms in total. The summed E-state index contributed by atoms with van der Waals surface area (Å²) in [5.41, 5.74) is 5.31. The summed E-state index contributed by atoms with van der Waals surface area (Å²) in [6.45, 7) is 3.92. The van der Waals surface area contributed by atoms with Crippen LogP contribution in [0.4, 0.5) is 11.4 Å². The molecule has 0 spiro atoms. The summed E-state index contributed by atoms with van der Waals surface area (Å²) in [5.74, 6) is -0.451. The lowest BCUT2D eigenvalue weighted by molar-refractivity contribution is 0.102. The van der Waals surface area contributed by atoms with E-state index in [2.05, 4.69) is 10.6 Å². The number of nitrogens with one attached hydrogen (secondary N) is 2. The Balaban J connectivity index is 1.19. The molecule has 2 N–H and O–H groups in total. The molecule has 0 unspecified atom stereocenters. The molecule has 0 aliphatic rings. The number of carbonyl (C=O) groups excluding carboxylic acids is 2. The normalized spacial score (nSPS) is 11.2. The van der Waals surface area contributed by atoms with Crippen LogP contribution in [0.3, 0.4) is 0 Å². The molecule has 0 aliphatic carbocycles. The van der Waals surface area contributed by atoms with Gasteiger partial charge in [-0.2, -0.15) is 0 Å². The van der Waals surface area contributed by atoms with Crippen molar-refractivity contribution in [3.8, 4) is 11.1 Å². The Hall–Kier alpha value is -3.68. The molecule has 2 aromatic heterocycles. The van der Waals surface area contributed by atoms with Crippen LogP contribution >= 0.6 is 45.9 Å². The van der Waals surface area contributed by atoms with Crippen LogP contribution in [0, 0.1) is 13.8 Å². The van der Waals surface area contributed by atoms with E-state index in [-0.39, 0.29) is 11.8 Å². The van der Waals surface area contributed by atoms with Crippen molar-refractivity contribution in [1.29, 1.82) is 0 Å². The Bertz CT molecular complexity index is 1820. The molecule has 0 radical (unpaired) electrons. The van der Waals surface area contributed by atoms with E-state index in [4.69, 9.17) is 23.2 Å². The molecular formula is C32H22Cl2N2O2S2. The summed E-state index contributed by atoms with van der Waals surface area (Å²) in [5, 5.41) is 8.74. The fraction of sp³-hybridized carbons (Fsp3) is 0.0625. The molecule has 6 aromatic rings. The van der Waals surface area contributed by atoms with Crippen LogP contribution in [0.15, 0.2) is 84.9 Å². The first kappa shape index (κ1) is 26.5. The maximum absolute atomic E-state index is 13.0. The quantitative estimate of drug-likeness (QED) is 0.207. The maximum atomic E-state index is 13.0. The van der Waals surface area contributed by atoms with Gasteiger partial charge in [-0.05, 0) is 72.5 Å². The number of aryl methyl sites for hydroxylation is 2. The first-order chi connectivity index (χ1) is 19.3. The average molecular weight is 602 g/mol. The molecule has 4 aromatic carbocycles. The number of halogens is 2. The van der Waals surface area contributed by atoms with Crippen LogP contribution in [0.5, 0.6) is 0 Å². The Morgan fingerprint density at radius 3 is 1.38 bits per heavy atom. The predicted molar refractivity (Wildman–Crippen MR) is 171 cm³/mol. The fourth-order valence-electron chi connectivity index (χ4n) is 4.65. The van der Waals surface area contributed by atoms with Gasteiger partial charge in [0.15, 0.2) is 0 Å². The van der Waals surface area contributed by atoms with Gasteiger partial charge in [0.05, 0.1) is 10.0 Å². The number of amides is 2. The highest BCUT2D eigenvalue weighted by Gasteiger charge is 2.19. The van der Waals surface area contributed by atoms with Crippen LogP contribution in [0.2, 0.25) is 10.0 Å². The van der Waals surface area contributed by atoms with E-state index in [1.54, 1.807) is 0 Å². The number of hydrogen-bond donors (Lipinski definition) is 2. The molecule has 8 heteroatoms. The summed E-state index contributed by atoms with van der Waals surface area (Å²) < 4.78 is 1.96. The van der Waals surface area contributed by atoms with E-state index in [1.807, 2.05) is 98.8 Å². The summed E-state index contributed by atoms with van der Waals surface area (Å²) >= 11 is 15.8. The van der Waals surface area contributed by atoms with Crippen molar-refractivity contribution in [3.63, 3.8) is 0 Å². The number of carbonyl (C=O) groups is 2. The van der Waals surface area contributed by atoms with Gasteiger partial charge in [-0.25, -0.2) is 0 Å². The van der Waals surface area contributed by atoms with Crippen molar-refractivity contribution in [3.05, 3.63) is 116 Å². The van der Waals surface area contributed by atoms with E-state index >= 15 is 0 Å². The smallest absolute Gasteiger partial charge is 0.267 e. The molecule has 0 saturated heterocycles. The van der Waals surface area contributed by atoms with Gasteiger partial charge in [-0.1, -0.05) is 71.7 Å². The third-order valence-corrected chi connectivity index (χ3v) is 10.1. The predicted octanol–water partition coefficient (Wildman–Crippen LogP) is 10.2. The van der Waals surface area contributed by atoms with Gasteiger partial charge >= 0.3 is 0 Å². The molecule has 2 amide bonds. The minimum atomic E-state index is -0.225. The minimum Gasteiger partial charge on any atom is -0.321 e. The van der Waals surface area contributed by atoms with Gasteiger partial charge in [0, 0.05) is 31.5 Å². The van der Waals surface area contributed by atoms with Crippen molar-refractivity contribution in [2.75, 3.05) is 10.6 Å². The number of hydrogen-bond acceptors (Lipinski definition) is 4. The van der Waals surface area contributed by atoms with E-state index in [1.165, 1.54) is 22.7 Å².